The molecule has 0 amide bonds. The molecule has 1 N–H and O–H groups in total. The van der Waals surface area contributed by atoms with Gasteiger partial charge >= 0.3 is 0 Å². The second-order valence-corrected chi connectivity index (χ2v) is 7.61. The smallest absolute Gasteiger partial charge is 0.242 e. The van der Waals surface area contributed by atoms with Gasteiger partial charge in [0.2, 0.25) is 10.0 Å². The number of nitrogens with zero attached hydrogens (tertiary/aromatic N) is 4. The van der Waals surface area contributed by atoms with Crippen molar-refractivity contribution in [3.63, 3.8) is 0 Å². The summed E-state index contributed by atoms with van der Waals surface area (Å²) >= 11 is 2.94. The van der Waals surface area contributed by atoms with Gasteiger partial charge in [-0.15, -0.1) is 5.10 Å². The highest BCUT2D eigenvalue weighted by atomic mass is 79.9. The molecule has 1 aromatic carbocycles. The van der Waals surface area contributed by atoms with Crippen molar-refractivity contribution in [2.75, 3.05) is 9.38 Å². The van der Waals surface area contributed by atoms with Crippen LogP contribution < -0.4 is 4.72 Å². The van der Waals surface area contributed by atoms with Crippen molar-refractivity contribution >= 4 is 31.6 Å². The molecular formula is C11H12BrN5O2S. The zero-order valence-electron chi connectivity index (χ0n) is 10.4. The van der Waals surface area contributed by atoms with Crippen LogP contribution in [0, 0.1) is 0 Å². The number of nitrogens with one attached hydrogen (secondary N) is 1. The Kier molecular flexibility index (Phi) is 3.47. The molecule has 0 saturated heterocycles. The first-order chi connectivity index (χ1) is 9.59. The second kappa shape index (κ2) is 5.13. The van der Waals surface area contributed by atoms with E-state index in [1.165, 1.54) is 0 Å². The lowest BCUT2D eigenvalue weighted by Gasteiger charge is -2.07. The number of aromatic nitrogens is 4. The summed E-state index contributed by atoms with van der Waals surface area (Å²) in [6, 6.07) is 7.41. The van der Waals surface area contributed by atoms with Gasteiger partial charge in [-0.25, -0.2) is 13.1 Å². The van der Waals surface area contributed by atoms with Crippen LogP contribution in [-0.2, 0) is 10.0 Å². The third kappa shape index (κ3) is 2.83. The van der Waals surface area contributed by atoms with E-state index < -0.39 is 10.0 Å². The van der Waals surface area contributed by atoms with E-state index in [2.05, 4.69) is 36.2 Å². The lowest BCUT2D eigenvalue weighted by atomic mass is 10.2. The lowest BCUT2D eigenvalue weighted by molar-refractivity contribution is 0.606. The van der Waals surface area contributed by atoms with Crippen molar-refractivity contribution in [3.8, 4) is 11.4 Å². The molecule has 1 aromatic heterocycles. The number of sulfonamides is 1. The number of hydrogen-bond acceptors (Lipinski definition) is 5. The van der Waals surface area contributed by atoms with Gasteiger partial charge in [-0.2, -0.15) is 0 Å². The maximum absolute atomic E-state index is 11.5. The summed E-state index contributed by atoms with van der Waals surface area (Å²) in [5, 5.41) is 11.7. The molecule has 1 fully saturated rings. The van der Waals surface area contributed by atoms with Crippen molar-refractivity contribution in [2.24, 2.45) is 0 Å². The monoisotopic (exact) mass is 357 g/mol. The molecule has 0 aliphatic heterocycles. The maximum atomic E-state index is 11.5. The predicted octanol–water partition coefficient (Wildman–Crippen LogP) is 1.77. The van der Waals surface area contributed by atoms with Gasteiger partial charge < -0.3 is 0 Å². The summed E-state index contributed by atoms with van der Waals surface area (Å²) < 4.78 is 27.2. The molecule has 9 heteroatoms. The zero-order chi connectivity index (χ0) is 14.2. The van der Waals surface area contributed by atoms with E-state index in [0.717, 1.165) is 18.4 Å². The molecule has 0 unspecified atom stereocenters. The molecule has 1 aliphatic carbocycles. The highest BCUT2D eigenvalue weighted by Gasteiger charge is 2.28. The molecule has 0 radical (unpaired) electrons. The van der Waals surface area contributed by atoms with Crippen LogP contribution in [0.4, 0.5) is 5.69 Å². The Hall–Kier alpha value is -1.48. The topological polar surface area (TPSA) is 89.8 Å². The van der Waals surface area contributed by atoms with E-state index in [1.54, 1.807) is 22.9 Å². The molecule has 3 rings (SSSR count). The van der Waals surface area contributed by atoms with Gasteiger partial charge in [0.25, 0.3) is 0 Å². The van der Waals surface area contributed by atoms with E-state index in [9.17, 15) is 8.42 Å². The average Bonchev–Trinajstić information content (AvgIpc) is 3.16. The Morgan fingerprint density at radius 3 is 2.90 bits per heavy atom. The molecule has 20 heavy (non-hydrogen) atoms. The van der Waals surface area contributed by atoms with Gasteiger partial charge in [-0.1, -0.05) is 28.1 Å². The number of alkyl halides is 1. The molecule has 1 heterocycles. The third-order valence-electron chi connectivity index (χ3n) is 2.92. The van der Waals surface area contributed by atoms with E-state index in [0.29, 0.717) is 17.6 Å². The van der Waals surface area contributed by atoms with Crippen molar-refractivity contribution in [3.05, 3.63) is 24.3 Å². The van der Waals surface area contributed by atoms with Crippen molar-refractivity contribution in [1.29, 1.82) is 0 Å². The number of halogens is 1. The van der Waals surface area contributed by atoms with Crippen molar-refractivity contribution in [1.82, 2.24) is 20.2 Å². The second-order valence-electron chi connectivity index (χ2n) is 4.58. The Morgan fingerprint density at radius 2 is 2.20 bits per heavy atom. The first kappa shape index (κ1) is 13.5. The minimum Gasteiger partial charge on any atom is -0.283 e. The molecule has 0 spiro atoms. The summed E-state index contributed by atoms with van der Waals surface area (Å²) in [7, 11) is -3.36. The van der Waals surface area contributed by atoms with Gasteiger partial charge in [0.15, 0.2) is 5.82 Å². The van der Waals surface area contributed by atoms with E-state index in [4.69, 9.17) is 0 Å². The fourth-order valence-electron chi connectivity index (χ4n) is 1.88. The molecule has 1 saturated carbocycles. The minimum absolute atomic E-state index is 0.149. The van der Waals surface area contributed by atoms with Gasteiger partial charge in [-0.3, -0.25) is 4.72 Å². The number of hydrogen-bond donors (Lipinski definition) is 1. The summed E-state index contributed by atoms with van der Waals surface area (Å²) in [6.07, 6.45) is 2.15. The van der Waals surface area contributed by atoms with E-state index in [1.807, 2.05) is 6.07 Å². The number of rotatable bonds is 5. The van der Waals surface area contributed by atoms with Crippen LogP contribution in [-0.4, -0.2) is 33.3 Å². The van der Waals surface area contributed by atoms with E-state index in [-0.39, 0.29) is 4.66 Å². The molecule has 1 aliphatic rings. The van der Waals surface area contributed by atoms with Crippen LogP contribution in [0.25, 0.3) is 11.4 Å². The molecule has 7 nitrogen and oxygen atoms in total. The van der Waals surface area contributed by atoms with Crippen molar-refractivity contribution < 1.29 is 8.42 Å². The van der Waals surface area contributed by atoms with Crippen LogP contribution in [0.2, 0.25) is 0 Å². The standard InChI is InChI=1S/C11H12BrN5O2S/c12-7-20(18,19)14-9-3-1-2-8(6-9)11-13-15-16-17(11)10-4-5-10/h1-3,6,10,14H,4-5,7H2. The van der Waals surface area contributed by atoms with Crippen LogP contribution in [0.5, 0.6) is 0 Å². The van der Waals surface area contributed by atoms with Gasteiger partial charge in [0.1, 0.15) is 4.66 Å². The van der Waals surface area contributed by atoms with Crippen LogP contribution in [0.1, 0.15) is 18.9 Å². The van der Waals surface area contributed by atoms with Gasteiger partial charge in [-0.05, 0) is 35.4 Å². The van der Waals surface area contributed by atoms with Gasteiger partial charge in [0, 0.05) is 11.3 Å². The third-order valence-corrected chi connectivity index (χ3v) is 5.57. The largest absolute Gasteiger partial charge is 0.283 e. The number of benzene rings is 1. The molecule has 106 valence electrons. The van der Waals surface area contributed by atoms with Crippen LogP contribution in [0.15, 0.2) is 24.3 Å². The number of tetrazole rings is 1. The highest BCUT2D eigenvalue weighted by molar-refractivity contribution is 9.10. The normalized spacial score (nSPS) is 15.2. The average molecular weight is 358 g/mol. The Balaban J connectivity index is 1.93. The molecular weight excluding hydrogens is 346 g/mol. The molecule has 0 bridgehead atoms. The van der Waals surface area contributed by atoms with Crippen LogP contribution >= 0.6 is 15.9 Å². The summed E-state index contributed by atoms with van der Waals surface area (Å²) in [4.78, 5) is 0. The summed E-state index contributed by atoms with van der Waals surface area (Å²) in [6.45, 7) is 0. The zero-order valence-corrected chi connectivity index (χ0v) is 12.8. The molecule has 0 atom stereocenters. The first-order valence-corrected chi connectivity index (χ1v) is 8.81. The maximum Gasteiger partial charge on any atom is 0.242 e. The SMILES string of the molecule is O=S(=O)(CBr)Nc1cccc(-c2nnnn2C2CC2)c1. The first-order valence-electron chi connectivity index (χ1n) is 6.04. The Labute approximate surface area is 124 Å². The minimum atomic E-state index is -3.36. The number of anilines is 1. The Bertz CT molecular complexity index is 726. The Morgan fingerprint density at radius 1 is 1.40 bits per heavy atom. The van der Waals surface area contributed by atoms with Gasteiger partial charge in [0.05, 0.1) is 6.04 Å². The van der Waals surface area contributed by atoms with Crippen LogP contribution in [0.3, 0.4) is 0 Å². The van der Waals surface area contributed by atoms with Crippen molar-refractivity contribution in [2.45, 2.75) is 18.9 Å². The summed E-state index contributed by atoms with van der Waals surface area (Å²) in [5.74, 6) is 0.660. The predicted molar refractivity (Wildman–Crippen MR) is 77.9 cm³/mol. The highest BCUT2D eigenvalue weighted by Crippen LogP contribution is 2.36. The van der Waals surface area contributed by atoms with E-state index >= 15 is 0 Å². The quantitative estimate of drug-likeness (QED) is 0.823. The summed E-state index contributed by atoms with van der Waals surface area (Å²) in [5.41, 5.74) is 1.28. The lowest BCUT2D eigenvalue weighted by Crippen LogP contribution is -2.13. The fraction of sp³-hybridized carbons (Fsp3) is 0.364. The molecule has 2 aromatic rings. The fourth-order valence-corrected chi connectivity index (χ4v) is 2.76.